The Balaban J connectivity index is 2.91. The molecule has 4 atom stereocenters. The molecule has 0 heterocycles. The SMILES string of the molecule is CSCCC(NC(=O)C(CCC(N)=O)NC(=O)C(N)Cc1ccccc1)C(=O)NC(C)C(=O)O. The van der Waals surface area contributed by atoms with Crippen LogP contribution < -0.4 is 27.4 Å². The third-order valence-corrected chi connectivity index (χ3v) is 5.56. The fourth-order valence-corrected chi connectivity index (χ4v) is 3.42. The Bertz CT molecular complexity index is 853. The molecule has 1 rings (SSSR count). The van der Waals surface area contributed by atoms with Crippen LogP contribution in [0, 0.1) is 0 Å². The number of carbonyl (C=O) groups is 5. The summed E-state index contributed by atoms with van der Waals surface area (Å²) in [5, 5.41) is 16.4. The van der Waals surface area contributed by atoms with Crippen molar-refractivity contribution in [3.63, 3.8) is 0 Å². The maximum atomic E-state index is 12.9. The fourth-order valence-electron chi connectivity index (χ4n) is 2.95. The minimum Gasteiger partial charge on any atom is -0.480 e. The van der Waals surface area contributed by atoms with Crippen molar-refractivity contribution in [3.8, 4) is 0 Å². The quantitative estimate of drug-likeness (QED) is 0.181. The first-order valence-corrected chi connectivity index (χ1v) is 12.1. The first-order chi connectivity index (χ1) is 16.0. The zero-order valence-corrected chi connectivity index (χ0v) is 20.1. The normalized spacial score (nSPS) is 14.2. The Morgan fingerprint density at radius 2 is 1.50 bits per heavy atom. The van der Waals surface area contributed by atoms with E-state index in [9.17, 15) is 24.0 Å². The number of nitrogens with two attached hydrogens (primary N) is 2. The van der Waals surface area contributed by atoms with Crippen molar-refractivity contribution in [3.05, 3.63) is 35.9 Å². The van der Waals surface area contributed by atoms with E-state index in [0.29, 0.717) is 5.75 Å². The summed E-state index contributed by atoms with van der Waals surface area (Å²) >= 11 is 1.44. The van der Waals surface area contributed by atoms with Gasteiger partial charge in [0.1, 0.15) is 18.1 Å². The maximum Gasteiger partial charge on any atom is 0.325 e. The molecule has 0 bridgehead atoms. The van der Waals surface area contributed by atoms with Crippen LogP contribution in [0.1, 0.15) is 31.7 Å². The second-order valence-electron chi connectivity index (χ2n) is 7.77. The van der Waals surface area contributed by atoms with Gasteiger partial charge in [-0.1, -0.05) is 30.3 Å². The number of amides is 4. The molecule has 0 aliphatic carbocycles. The lowest BCUT2D eigenvalue weighted by Crippen LogP contribution is -2.57. The van der Waals surface area contributed by atoms with Gasteiger partial charge in [-0.05, 0) is 43.8 Å². The molecule has 0 aliphatic rings. The van der Waals surface area contributed by atoms with Gasteiger partial charge < -0.3 is 32.5 Å². The molecular formula is C22H33N5O6S. The van der Waals surface area contributed by atoms with Gasteiger partial charge in [0, 0.05) is 6.42 Å². The number of primary amides is 1. The van der Waals surface area contributed by atoms with Crippen LogP contribution in [0.15, 0.2) is 30.3 Å². The number of hydrogen-bond donors (Lipinski definition) is 6. The highest BCUT2D eigenvalue weighted by atomic mass is 32.2. The van der Waals surface area contributed by atoms with E-state index in [1.165, 1.54) is 18.7 Å². The van der Waals surface area contributed by atoms with Crippen molar-refractivity contribution < 1.29 is 29.1 Å². The number of hydrogen-bond acceptors (Lipinski definition) is 7. The molecule has 0 saturated heterocycles. The third-order valence-electron chi connectivity index (χ3n) is 4.92. The van der Waals surface area contributed by atoms with Gasteiger partial charge in [0.25, 0.3) is 0 Å². The van der Waals surface area contributed by atoms with E-state index in [0.717, 1.165) is 5.56 Å². The van der Waals surface area contributed by atoms with Crippen molar-refractivity contribution in [2.24, 2.45) is 11.5 Å². The molecule has 188 valence electrons. The Kier molecular flexibility index (Phi) is 12.7. The lowest BCUT2D eigenvalue weighted by Gasteiger charge is -2.24. The average Bonchev–Trinajstić information content (AvgIpc) is 2.79. The highest BCUT2D eigenvalue weighted by Gasteiger charge is 2.29. The molecule has 0 aliphatic heterocycles. The van der Waals surface area contributed by atoms with E-state index >= 15 is 0 Å². The van der Waals surface area contributed by atoms with E-state index < -0.39 is 53.8 Å². The van der Waals surface area contributed by atoms with Crippen LogP contribution in [0.5, 0.6) is 0 Å². The second-order valence-corrected chi connectivity index (χ2v) is 8.76. The second kappa shape index (κ2) is 14.9. The minimum atomic E-state index is -1.22. The van der Waals surface area contributed by atoms with Gasteiger partial charge in [0.2, 0.25) is 23.6 Å². The molecule has 0 saturated carbocycles. The van der Waals surface area contributed by atoms with E-state index in [2.05, 4.69) is 16.0 Å². The van der Waals surface area contributed by atoms with Crippen molar-refractivity contribution >= 4 is 41.4 Å². The summed E-state index contributed by atoms with van der Waals surface area (Å²) in [6.07, 6.45) is 2.02. The summed E-state index contributed by atoms with van der Waals surface area (Å²) in [6, 6.07) is 4.80. The van der Waals surface area contributed by atoms with Crippen molar-refractivity contribution in [2.75, 3.05) is 12.0 Å². The lowest BCUT2D eigenvalue weighted by molar-refractivity contribution is -0.141. The maximum absolute atomic E-state index is 12.9. The van der Waals surface area contributed by atoms with Gasteiger partial charge in [0.15, 0.2) is 0 Å². The highest BCUT2D eigenvalue weighted by molar-refractivity contribution is 7.98. The van der Waals surface area contributed by atoms with Crippen LogP contribution in [0.4, 0.5) is 0 Å². The molecule has 1 aromatic carbocycles. The number of benzene rings is 1. The first kappa shape index (κ1) is 28.9. The number of carboxylic acid groups (broad SMARTS) is 1. The zero-order chi connectivity index (χ0) is 25.7. The predicted octanol–water partition coefficient (Wildman–Crippen LogP) is -0.866. The molecule has 0 fully saturated rings. The smallest absolute Gasteiger partial charge is 0.325 e. The molecular weight excluding hydrogens is 462 g/mol. The van der Waals surface area contributed by atoms with Gasteiger partial charge in [-0.15, -0.1) is 0 Å². The standard InChI is InChI=1S/C22H33N5O6S/c1-13(22(32)33)25-20(30)17(10-11-34-2)27-21(31)16(8-9-18(24)28)26-19(29)15(23)12-14-6-4-3-5-7-14/h3-7,13,15-17H,8-12,23H2,1-2H3,(H2,24,28)(H,25,30)(H,26,29)(H,27,31)(H,32,33). The van der Waals surface area contributed by atoms with Crippen LogP contribution in [0.3, 0.4) is 0 Å². The summed E-state index contributed by atoms with van der Waals surface area (Å²) in [5.74, 6) is -3.34. The Labute approximate surface area is 202 Å². The van der Waals surface area contributed by atoms with Crippen LogP contribution in [-0.2, 0) is 30.4 Å². The summed E-state index contributed by atoms with van der Waals surface area (Å²) in [5.41, 5.74) is 12.0. The molecule has 8 N–H and O–H groups in total. The summed E-state index contributed by atoms with van der Waals surface area (Å²) in [7, 11) is 0. The Morgan fingerprint density at radius 1 is 0.941 bits per heavy atom. The molecule has 0 aromatic heterocycles. The van der Waals surface area contributed by atoms with Gasteiger partial charge in [-0.3, -0.25) is 24.0 Å². The first-order valence-electron chi connectivity index (χ1n) is 10.8. The van der Waals surface area contributed by atoms with Crippen molar-refractivity contribution in [1.82, 2.24) is 16.0 Å². The summed E-state index contributed by atoms with van der Waals surface area (Å²) in [6.45, 7) is 1.30. The zero-order valence-electron chi connectivity index (χ0n) is 19.3. The van der Waals surface area contributed by atoms with E-state index in [1.54, 1.807) is 0 Å². The summed E-state index contributed by atoms with van der Waals surface area (Å²) in [4.78, 5) is 60.5. The molecule has 0 radical (unpaired) electrons. The predicted molar refractivity (Wildman–Crippen MR) is 129 cm³/mol. The molecule has 4 amide bonds. The minimum absolute atomic E-state index is 0.0899. The number of nitrogens with one attached hydrogen (secondary N) is 3. The van der Waals surface area contributed by atoms with Crippen LogP contribution in [0.2, 0.25) is 0 Å². The van der Waals surface area contributed by atoms with Gasteiger partial charge >= 0.3 is 5.97 Å². The number of carbonyl (C=O) groups excluding carboxylic acids is 4. The third kappa shape index (κ3) is 10.7. The number of rotatable bonds is 15. The van der Waals surface area contributed by atoms with Crippen LogP contribution in [0.25, 0.3) is 0 Å². The average molecular weight is 496 g/mol. The van der Waals surface area contributed by atoms with Gasteiger partial charge in [0.05, 0.1) is 6.04 Å². The van der Waals surface area contributed by atoms with Crippen molar-refractivity contribution in [2.45, 2.75) is 56.8 Å². The topological polar surface area (TPSA) is 194 Å². The van der Waals surface area contributed by atoms with Crippen LogP contribution in [-0.4, -0.2) is 70.9 Å². The largest absolute Gasteiger partial charge is 0.480 e. The Hall–Kier alpha value is -3.12. The lowest BCUT2D eigenvalue weighted by atomic mass is 10.0. The van der Waals surface area contributed by atoms with E-state index in [1.807, 2.05) is 36.6 Å². The molecule has 12 heteroatoms. The number of carboxylic acids is 1. The summed E-state index contributed by atoms with van der Waals surface area (Å²) < 4.78 is 0. The number of thioether (sulfide) groups is 1. The van der Waals surface area contributed by atoms with Gasteiger partial charge in [-0.2, -0.15) is 11.8 Å². The highest BCUT2D eigenvalue weighted by Crippen LogP contribution is 2.06. The molecule has 1 aromatic rings. The monoisotopic (exact) mass is 495 g/mol. The van der Waals surface area contributed by atoms with Gasteiger partial charge in [-0.25, -0.2) is 0 Å². The Morgan fingerprint density at radius 3 is 2.06 bits per heavy atom. The van der Waals surface area contributed by atoms with E-state index in [-0.39, 0.29) is 25.7 Å². The fraction of sp³-hybridized carbons (Fsp3) is 0.500. The molecule has 34 heavy (non-hydrogen) atoms. The van der Waals surface area contributed by atoms with Crippen LogP contribution >= 0.6 is 11.8 Å². The molecule has 4 unspecified atom stereocenters. The van der Waals surface area contributed by atoms with E-state index in [4.69, 9.17) is 16.6 Å². The number of aliphatic carboxylic acids is 1. The van der Waals surface area contributed by atoms with Crippen molar-refractivity contribution in [1.29, 1.82) is 0 Å². The molecule has 0 spiro atoms. The molecule has 11 nitrogen and oxygen atoms in total.